The van der Waals surface area contributed by atoms with Crippen molar-refractivity contribution < 1.29 is 13.5 Å². The Morgan fingerprint density at radius 1 is 1.39 bits per heavy atom. The summed E-state index contributed by atoms with van der Waals surface area (Å²) < 4.78 is 24.0. The van der Waals surface area contributed by atoms with Gasteiger partial charge < -0.3 is 5.11 Å². The fourth-order valence-corrected chi connectivity index (χ4v) is 2.63. The zero-order chi connectivity index (χ0) is 13.7. The van der Waals surface area contributed by atoms with Crippen molar-refractivity contribution in [3.05, 3.63) is 60.4 Å². The molecule has 0 aromatic heterocycles. The minimum absolute atomic E-state index is 0.184. The lowest BCUT2D eigenvalue weighted by atomic mass is 9.97. The van der Waals surface area contributed by atoms with E-state index in [0.29, 0.717) is 16.8 Å². The van der Waals surface area contributed by atoms with E-state index in [9.17, 15) is 13.5 Å². The molecule has 0 radical (unpaired) electrons. The van der Waals surface area contributed by atoms with Crippen LogP contribution in [0.3, 0.4) is 0 Å². The maximum absolute atomic E-state index is 11.4. The van der Waals surface area contributed by atoms with Gasteiger partial charge in [-0.15, -0.1) is 0 Å². The Kier molecular flexibility index (Phi) is 5.12. The largest absolute Gasteiger partial charge is 0.392 e. The second kappa shape index (κ2) is 6.37. The van der Waals surface area contributed by atoms with E-state index < -0.39 is 16.9 Å². The predicted molar refractivity (Wildman–Crippen MR) is 73.3 cm³/mol. The molecule has 0 aromatic rings. The van der Waals surface area contributed by atoms with E-state index in [2.05, 4.69) is 13.2 Å². The Bertz CT molecular complexity index is 504. The third kappa shape index (κ3) is 2.80. The van der Waals surface area contributed by atoms with Gasteiger partial charge in [-0.05, 0) is 30.2 Å². The van der Waals surface area contributed by atoms with E-state index >= 15 is 0 Å². The highest BCUT2D eigenvalue weighted by molar-refractivity contribution is 7.70. The van der Waals surface area contributed by atoms with Crippen LogP contribution in [0.2, 0.25) is 0 Å². The van der Waals surface area contributed by atoms with Crippen LogP contribution in [0.4, 0.5) is 0 Å². The van der Waals surface area contributed by atoms with Gasteiger partial charge >= 0.3 is 0 Å². The highest BCUT2D eigenvalue weighted by atomic mass is 32.2. The Morgan fingerprint density at radius 2 is 2.00 bits per heavy atom. The third-order valence-corrected chi connectivity index (χ3v) is 3.63. The molecule has 1 atom stereocenters. The minimum atomic E-state index is -2.79. The highest BCUT2D eigenvalue weighted by Gasteiger charge is 2.28. The van der Waals surface area contributed by atoms with Gasteiger partial charge in [-0.3, -0.25) is 4.31 Å². The first-order valence-electron chi connectivity index (χ1n) is 5.47. The zero-order valence-electron chi connectivity index (χ0n) is 10.2. The van der Waals surface area contributed by atoms with Gasteiger partial charge in [0.2, 0.25) is 10.9 Å². The molecule has 4 nitrogen and oxygen atoms in total. The van der Waals surface area contributed by atoms with Crippen molar-refractivity contribution in [3.63, 3.8) is 0 Å². The Balaban J connectivity index is 3.47. The van der Waals surface area contributed by atoms with Crippen molar-refractivity contribution in [2.24, 2.45) is 0 Å². The zero-order valence-corrected chi connectivity index (χ0v) is 11.1. The van der Waals surface area contributed by atoms with Crippen molar-refractivity contribution >= 4 is 10.9 Å². The summed E-state index contributed by atoms with van der Waals surface area (Å²) in [7, 11) is -2.79. The molecule has 0 bridgehead atoms. The molecule has 1 N–H and O–H groups in total. The van der Waals surface area contributed by atoms with Crippen molar-refractivity contribution in [2.45, 2.75) is 13.0 Å². The van der Waals surface area contributed by atoms with Crippen LogP contribution in [0.5, 0.6) is 0 Å². The quantitative estimate of drug-likeness (QED) is 0.755. The molecule has 0 fully saturated rings. The number of allylic oxidation sites excluding steroid dienone is 5. The van der Waals surface area contributed by atoms with Crippen molar-refractivity contribution in [3.8, 4) is 0 Å². The average molecular weight is 267 g/mol. The van der Waals surface area contributed by atoms with Crippen LogP contribution in [0.25, 0.3) is 0 Å². The molecular formula is C13H17NO3S. The summed E-state index contributed by atoms with van der Waals surface area (Å²) >= 11 is 0. The molecule has 1 rings (SSSR count). The fraction of sp³-hybridized carbons (Fsp3) is 0.231. The maximum atomic E-state index is 11.4. The summed E-state index contributed by atoms with van der Waals surface area (Å²) in [4.78, 5) is 0. The molecule has 1 heterocycles. The lowest BCUT2D eigenvalue weighted by Gasteiger charge is -2.33. The molecular weight excluding hydrogens is 250 g/mol. The van der Waals surface area contributed by atoms with Crippen LogP contribution in [-0.2, 0) is 10.9 Å². The standard InChI is InChI=1S/C13H17NO3S/c1-4-6-11-8-12(9-15)10(3)14(18(16)17)13(11)7-5-2/h4-8,10,15,18H,1-2,9H2,3H3/b11-6-,13-7+/t10-/m1/s1. The second-order valence-electron chi connectivity index (χ2n) is 3.78. The van der Waals surface area contributed by atoms with E-state index in [1.54, 1.807) is 31.2 Å². The van der Waals surface area contributed by atoms with Gasteiger partial charge in [0.1, 0.15) is 0 Å². The molecule has 0 unspecified atom stereocenters. The lowest BCUT2D eigenvalue weighted by molar-refractivity contribution is 0.304. The van der Waals surface area contributed by atoms with Crippen LogP contribution in [0, 0.1) is 0 Å². The predicted octanol–water partition coefficient (Wildman–Crippen LogP) is 1.32. The molecule has 5 heteroatoms. The maximum Gasteiger partial charge on any atom is 0.225 e. The van der Waals surface area contributed by atoms with Crippen LogP contribution < -0.4 is 0 Å². The molecule has 98 valence electrons. The molecule has 1 aliphatic rings. The Labute approximate surface area is 109 Å². The Morgan fingerprint density at radius 3 is 2.44 bits per heavy atom. The van der Waals surface area contributed by atoms with Crippen LogP contribution in [-0.4, -0.2) is 30.5 Å². The summed E-state index contributed by atoms with van der Waals surface area (Å²) in [6.45, 7) is 8.73. The number of rotatable bonds is 4. The van der Waals surface area contributed by atoms with E-state index in [1.807, 2.05) is 0 Å². The summed E-state index contributed by atoms with van der Waals surface area (Å²) in [6.07, 6.45) is 8.20. The van der Waals surface area contributed by atoms with Crippen LogP contribution >= 0.6 is 0 Å². The van der Waals surface area contributed by atoms with E-state index in [4.69, 9.17) is 0 Å². The SMILES string of the molecule is C=C/C=C1/C=C(CO)[C@@H](C)N([SH](=O)=O)/C1=C/C=C. The molecule has 0 saturated carbocycles. The topological polar surface area (TPSA) is 57.6 Å². The smallest absolute Gasteiger partial charge is 0.225 e. The second-order valence-corrected chi connectivity index (χ2v) is 4.69. The number of thiol groups is 1. The van der Waals surface area contributed by atoms with Crippen LogP contribution in [0.1, 0.15) is 6.92 Å². The fourth-order valence-electron chi connectivity index (χ4n) is 1.84. The summed E-state index contributed by atoms with van der Waals surface area (Å²) in [5.74, 6) is 0. The highest BCUT2D eigenvalue weighted by Crippen LogP contribution is 2.30. The normalized spacial score (nSPS) is 24.5. The molecule has 0 aliphatic carbocycles. The van der Waals surface area contributed by atoms with E-state index in [0.717, 1.165) is 0 Å². The molecule has 1 aliphatic heterocycles. The molecule has 0 amide bonds. The number of aliphatic hydroxyl groups is 1. The monoisotopic (exact) mass is 267 g/mol. The minimum Gasteiger partial charge on any atom is -0.392 e. The summed E-state index contributed by atoms with van der Waals surface area (Å²) in [5, 5.41) is 9.28. The number of nitrogens with zero attached hydrogens (tertiary/aromatic N) is 1. The first-order valence-corrected chi connectivity index (χ1v) is 6.60. The number of aliphatic hydroxyl groups excluding tert-OH is 1. The van der Waals surface area contributed by atoms with Gasteiger partial charge in [-0.25, -0.2) is 8.42 Å². The van der Waals surface area contributed by atoms with Gasteiger partial charge in [0.25, 0.3) is 0 Å². The van der Waals surface area contributed by atoms with Gasteiger partial charge in [-0.1, -0.05) is 31.4 Å². The first-order chi connectivity index (χ1) is 8.56. The molecule has 0 spiro atoms. The average Bonchev–Trinajstić information content (AvgIpc) is 2.32. The summed E-state index contributed by atoms with van der Waals surface area (Å²) in [5.41, 5.74) is 1.86. The van der Waals surface area contributed by atoms with Gasteiger partial charge in [0.15, 0.2) is 0 Å². The number of hydrogen-bond donors (Lipinski definition) is 2. The van der Waals surface area contributed by atoms with E-state index in [1.165, 1.54) is 10.4 Å². The van der Waals surface area contributed by atoms with Crippen LogP contribution in [0.15, 0.2) is 60.4 Å². The number of hydrogen-bond acceptors (Lipinski definition) is 3. The lowest BCUT2D eigenvalue weighted by Crippen LogP contribution is -2.37. The van der Waals surface area contributed by atoms with Crippen molar-refractivity contribution in [1.29, 1.82) is 0 Å². The van der Waals surface area contributed by atoms with Gasteiger partial charge in [0.05, 0.1) is 18.3 Å². The molecule has 18 heavy (non-hydrogen) atoms. The van der Waals surface area contributed by atoms with Crippen molar-refractivity contribution in [2.75, 3.05) is 6.61 Å². The van der Waals surface area contributed by atoms with Gasteiger partial charge in [0, 0.05) is 0 Å². The molecule has 0 aromatic carbocycles. The first kappa shape index (κ1) is 14.5. The third-order valence-electron chi connectivity index (χ3n) is 2.72. The Hall–Kier alpha value is -1.59. The van der Waals surface area contributed by atoms with Gasteiger partial charge in [-0.2, -0.15) is 0 Å². The van der Waals surface area contributed by atoms with Crippen molar-refractivity contribution in [1.82, 2.24) is 4.31 Å². The van der Waals surface area contributed by atoms with E-state index in [-0.39, 0.29) is 6.61 Å². The summed E-state index contributed by atoms with van der Waals surface area (Å²) in [6, 6.07) is -0.399. The molecule has 0 saturated heterocycles.